The van der Waals surface area contributed by atoms with Gasteiger partial charge in [0, 0.05) is 12.4 Å². The van der Waals surface area contributed by atoms with Crippen molar-refractivity contribution in [3.8, 4) is 12.3 Å². The monoisotopic (exact) mass is 217 g/mol. The highest BCUT2D eigenvalue weighted by atomic mass is 15.2. The predicted octanol–water partition coefficient (Wildman–Crippen LogP) is 3.07. The zero-order valence-electron chi connectivity index (χ0n) is 10.7. The molecule has 0 bridgehead atoms. The fourth-order valence-electron chi connectivity index (χ4n) is 1.19. The molecule has 0 aliphatic carbocycles. The fourth-order valence-corrected chi connectivity index (χ4v) is 1.19. The molecule has 2 rings (SSSR count). The van der Waals surface area contributed by atoms with Gasteiger partial charge in [-0.2, -0.15) is 5.10 Å². The molecule has 16 heavy (non-hydrogen) atoms. The molecule has 2 aromatic rings. The Morgan fingerprint density at radius 3 is 2.44 bits per heavy atom. The molecule has 0 unspecified atom stereocenters. The van der Waals surface area contributed by atoms with Crippen molar-refractivity contribution < 1.29 is 0 Å². The number of nitrogens with zero attached hydrogens (tertiary/aromatic N) is 3. The molecular weight excluding hydrogens is 198 g/mol. The lowest BCUT2D eigenvalue weighted by atomic mass is 10.2. The van der Waals surface area contributed by atoms with Gasteiger partial charge in [0.1, 0.15) is 11.2 Å². The van der Waals surface area contributed by atoms with Crippen LogP contribution < -0.4 is 0 Å². The standard InChI is InChI=1S/C9H7N3.2C2H6/c1-3-8-9-7(2)6-11-12(9)5-4-10-8;2*1-2/h1,4-6H,2H3;2*1-2H3. The van der Waals surface area contributed by atoms with Crippen LogP contribution in [0, 0.1) is 19.3 Å². The van der Waals surface area contributed by atoms with Crippen molar-refractivity contribution in [3.63, 3.8) is 0 Å². The SMILES string of the molecule is C#Cc1nccn2ncc(C)c12.CC.CC. The van der Waals surface area contributed by atoms with Crippen molar-refractivity contribution in [1.82, 2.24) is 14.6 Å². The third-order valence-electron chi connectivity index (χ3n) is 1.75. The maximum Gasteiger partial charge on any atom is 0.138 e. The summed E-state index contributed by atoms with van der Waals surface area (Å²) in [7, 11) is 0. The molecule has 0 spiro atoms. The second kappa shape index (κ2) is 7.47. The summed E-state index contributed by atoms with van der Waals surface area (Å²) >= 11 is 0. The smallest absolute Gasteiger partial charge is 0.138 e. The third kappa shape index (κ3) is 2.83. The van der Waals surface area contributed by atoms with Crippen LogP contribution in [0.25, 0.3) is 5.52 Å². The van der Waals surface area contributed by atoms with Crippen molar-refractivity contribution in [1.29, 1.82) is 0 Å². The Kier molecular flexibility index (Phi) is 6.62. The summed E-state index contributed by atoms with van der Waals surface area (Å²) in [6.45, 7) is 9.96. The Bertz CT molecular complexity index is 463. The van der Waals surface area contributed by atoms with E-state index in [0.717, 1.165) is 11.1 Å². The molecule has 0 amide bonds. The molecule has 0 aromatic carbocycles. The molecule has 2 aromatic heterocycles. The minimum atomic E-state index is 0.646. The summed E-state index contributed by atoms with van der Waals surface area (Å²) in [5.41, 5.74) is 2.61. The lowest BCUT2D eigenvalue weighted by Gasteiger charge is -1.95. The van der Waals surface area contributed by atoms with Crippen LogP contribution >= 0.6 is 0 Å². The van der Waals surface area contributed by atoms with E-state index in [2.05, 4.69) is 16.0 Å². The molecule has 0 N–H and O–H groups in total. The van der Waals surface area contributed by atoms with Crippen molar-refractivity contribution >= 4 is 5.52 Å². The van der Waals surface area contributed by atoms with Crippen LogP contribution in [-0.2, 0) is 0 Å². The summed E-state index contributed by atoms with van der Waals surface area (Å²) in [4.78, 5) is 4.06. The highest BCUT2D eigenvalue weighted by molar-refractivity contribution is 5.62. The first-order valence-corrected chi connectivity index (χ1v) is 5.58. The summed E-state index contributed by atoms with van der Waals surface area (Å²) in [5.74, 6) is 2.52. The van der Waals surface area contributed by atoms with E-state index in [1.54, 1.807) is 23.1 Å². The van der Waals surface area contributed by atoms with Crippen LogP contribution in [0.4, 0.5) is 0 Å². The number of hydrogen-bond acceptors (Lipinski definition) is 2. The summed E-state index contributed by atoms with van der Waals surface area (Å²) < 4.78 is 1.73. The van der Waals surface area contributed by atoms with E-state index in [0.29, 0.717) is 5.69 Å². The van der Waals surface area contributed by atoms with Gasteiger partial charge in [0.15, 0.2) is 0 Å². The van der Waals surface area contributed by atoms with Gasteiger partial charge in [0.05, 0.1) is 6.20 Å². The lowest BCUT2D eigenvalue weighted by Crippen LogP contribution is -1.92. The van der Waals surface area contributed by atoms with Crippen molar-refractivity contribution in [2.24, 2.45) is 0 Å². The van der Waals surface area contributed by atoms with Crippen LogP contribution in [-0.4, -0.2) is 14.6 Å². The molecule has 3 nitrogen and oxygen atoms in total. The van der Waals surface area contributed by atoms with E-state index in [9.17, 15) is 0 Å². The van der Waals surface area contributed by atoms with E-state index < -0.39 is 0 Å². The number of fused-ring (bicyclic) bond motifs is 1. The quantitative estimate of drug-likeness (QED) is 0.635. The average Bonchev–Trinajstić information content (AvgIpc) is 2.76. The summed E-state index contributed by atoms with van der Waals surface area (Å²) in [6.07, 6.45) is 10.5. The normalized spacial score (nSPS) is 8.25. The number of terminal acetylenes is 1. The van der Waals surface area contributed by atoms with Gasteiger partial charge in [0.25, 0.3) is 0 Å². The number of hydrogen-bond donors (Lipinski definition) is 0. The molecule has 0 aliphatic rings. The highest BCUT2D eigenvalue weighted by Crippen LogP contribution is 2.10. The first-order valence-electron chi connectivity index (χ1n) is 5.58. The summed E-state index contributed by atoms with van der Waals surface area (Å²) in [5, 5.41) is 4.11. The Morgan fingerprint density at radius 1 is 1.25 bits per heavy atom. The fraction of sp³-hybridized carbons (Fsp3) is 0.385. The Hall–Kier alpha value is -1.82. The van der Waals surface area contributed by atoms with Gasteiger partial charge in [-0.25, -0.2) is 9.50 Å². The van der Waals surface area contributed by atoms with E-state index in [4.69, 9.17) is 6.42 Å². The average molecular weight is 217 g/mol. The van der Waals surface area contributed by atoms with Gasteiger partial charge in [-0.1, -0.05) is 27.7 Å². The molecule has 0 aliphatic heterocycles. The Balaban J connectivity index is 0.000000509. The Morgan fingerprint density at radius 2 is 1.88 bits per heavy atom. The molecule has 0 saturated carbocycles. The van der Waals surface area contributed by atoms with E-state index in [-0.39, 0.29) is 0 Å². The van der Waals surface area contributed by atoms with Crippen molar-refractivity contribution in [3.05, 3.63) is 29.8 Å². The molecular formula is C13H19N3. The second-order valence-electron chi connectivity index (χ2n) is 2.54. The minimum absolute atomic E-state index is 0.646. The van der Waals surface area contributed by atoms with Crippen LogP contribution in [0.15, 0.2) is 18.6 Å². The lowest BCUT2D eigenvalue weighted by molar-refractivity contribution is 0.942. The van der Waals surface area contributed by atoms with Crippen LogP contribution in [0.1, 0.15) is 39.0 Å². The minimum Gasteiger partial charge on any atom is -0.244 e. The van der Waals surface area contributed by atoms with Crippen molar-refractivity contribution in [2.45, 2.75) is 34.6 Å². The topological polar surface area (TPSA) is 30.2 Å². The molecule has 86 valence electrons. The van der Waals surface area contributed by atoms with Crippen LogP contribution in [0.3, 0.4) is 0 Å². The van der Waals surface area contributed by atoms with Gasteiger partial charge in [-0.15, -0.1) is 6.42 Å². The predicted molar refractivity (Wildman–Crippen MR) is 68.4 cm³/mol. The van der Waals surface area contributed by atoms with Gasteiger partial charge in [-0.05, 0) is 18.4 Å². The Labute approximate surface area is 97.5 Å². The number of aryl methyl sites for hydroxylation is 1. The molecule has 2 heterocycles. The van der Waals surface area contributed by atoms with Crippen LogP contribution in [0.5, 0.6) is 0 Å². The van der Waals surface area contributed by atoms with Gasteiger partial charge in [-0.3, -0.25) is 0 Å². The van der Waals surface area contributed by atoms with Gasteiger partial charge < -0.3 is 0 Å². The molecule has 0 atom stereocenters. The second-order valence-corrected chi connectivity index (χ2v) is 2.54. The van der Waals surface area contributed by atoms with Gasteiger partial charge >= 0.3 is 0 Å². The number of aromatic nitrogens is 3. The maximum atomic E-state index is 5.29. The zero-order valence-corrected chi connectivity index (χ0v) is 10.7. The molecule has 0 fully saturated rings. The van der Waals surface area contributed by atoms with Crippen LogP contribution in [0.2, 0.25) is 0 Å². The molecule has 0 radical (unpaired) electrons. The van der Waals surface area contributed by atoms with E-state index in [1.807, 2.05) is 34.6 Å². The first-order chi connectivity index (χ1) is 7.83. The molecule has 0 saturated heterocycles. The zero-order chi connectivity index (χ0) is 12.6. The molecule has 3 heteroatoms. The van der Waals surface area contributed by atoms with E-state index in [1.165, 1.54) is 0 Å². The largest absolute Gasteiger partial charge is 0.244 e. The first kappa shape index (κ1) is 14.2. The maximum absolute atomic E-state index is 5.29. The van der Waals surface area contributed by atoms with E-state index >= 15 is 0 Å². The summed E-state index contributed by atoms with van der Waals surface area (Å²) in [6, 6.07) is 0. The highest BCUT2D eigenvalue weighted by Gasteiger charge is 2.03. The number of rotatable bonds is 0. The van der Waals surface area contributed by atoms with Gasteiger partial charge in [0.2, 0.25) is 0 Å². The third-order valence-corrected chi connectivity index (χ3v) is 1.75. The van der Waals surface area contributed by atoms with Crippen molar-refractivity contribution in [2.75, 3.05) is 0 Å².